The highest BCUT2D eigenvalue weighted by Crippen LogP contribution is 2.32. The standard InChI is InChI=1S/C18H26N2OS/c1-13(2)16-12-22-17(19-16)15-9-6-10-20(11-15)18(21)14-7-4-3-5-8-14/h3-4,12-15H,5-11H2,1-2H3/t14-,15-/m1/s1. The third-order valence-corrected chi connectivity index (χ3v) is 5.86. The quantitative estimate of drug-likeness (QED) is 0.777. The van der Waals surface area contributed by atoms with Crippen LogP contribution >= 0.6 is 11.3 Å². The van der Waals surface area contributed by atoms with Gasteiger partial charge >= 0.3 is 0 Å². The molecular weight excluding hydrogens is 292 g/mol. The van der Waals surface area contributed by atoms with Crippen LogP contribution in [0.25, 0.3) is 0 Å². The smallest absolute Gasteiger partial charge is 0.226 e. The summed E-state index contributed by atoms with van der Waals surface area (Å²) in [5.74, 6) is 1.51. The molecule has 3 rings (SSSR count). The van der Waals surface area contributed by atoms with E-state index in [0.29, 0.717) is 17.7 Å². The van der Waals surface area contributed by atoms with Crippen molar-refractivity contribution in [3.05, 3.63) is 28.2 Å². The number of allylic oxidation sites excluding steroid dienone is 2. The van der Waals surface area contributed by atoms with Crippen molar-refractivity contribution in [1.82, 2.24) is 9.88 Å². The molecule has 2 heterocycles. The predicted octanol–water partition coefficient (Wildman–Crippen LogP) is 4.33. The summed E-state index contributed by atoms with van der Waals surface area (Å²) in [6, 6.07) is 0. The fraction of sp³-hybridized carbons (Fsp3) is 0.667. The van der Waals surface area contributed by atoms with Crippen LogP contribution in [-0.4, -0.2) is 28.9 Å². The molecule has 0 radical (unpaired) electrons. The van der Waals surface area contributed by atoms with Gasteiger partial charge in [-0.1, -0.05) is 26.0 Å². The minimum Gasteiger partial charge on any atom is -0.342 e. The number of likely N-dealkylation sites (tertiary alicyclic amines) is 1. The third kappa shape index (κ3) is 3.43. The van der Waals surface area contributed by atoms with Crippen LogP contribution in [0.5, 0.6) is 0 Å². The van der Waals surface area contributed by atoms with Gasteiger partial charge in [0.1, 0.15) is 0 Å². The van der Waals surface area contributed by atoms with Gasteiger partial charge < -0.3 is 4.90 Å². The molecule has 0 bridgehead atoms. The van der Waals surface area contributed by atoms with Gasteiger partial charge in [0.05, 0.1) is 10.7 Å². The number of hydrogen-bond donors (Lipinski definition) is 0. The van der Waals surface area contributed by atoms with Gasteiger partial charge in [-0.25, -0.2) is 4.98 Å². The number of carbonyl (C=O) groups is 1. The molecule has 1 fully saturated rings. The average Bonchev–Trinajstić information content (AvgIpc) is 3.05. The summed E-state index contributed by atoms with van der Waals surface area (Å²) in [4.78, 5) is 19.6. The van der Waals surface area contributed by atoms with E-state index in [4.69, 9.17) is 4.98 Å². The zero-order valence-corrected chi connectivity index (χ0v) is 14.4. The zero-order chi connectivity index (χ0) is 15.5. The van der Waals surface area contributed by atoms with Gasteiger partial charge in [0.2, 0.25) is 5.91 Å². The Morgan fingerprint density at radius 1 is 1.36 bits per heavy atom. The molecule has 1 aromatic rings. The van der Waals surface area contributed by atoms with E-state index < -0.39 is 0 Å². The minimum absolute atomic E-state index is 0.214. The maximum absolute atomic E-state index is 12.7. The summed E-state index contributed by atoms with van der Waals surface area (Å²) in [7, 11) is 0. The number of amides is 1. The number of nitrogens with zero attached hydrogens (tertiary/aromatic N) is 2. The van der Waals surface area contributed by atoms with Gasteiger partial charge in [-0.05, 0) is 38.0 Å². The highest BCUT2D eigenvalue weighted by molar-refractivity contribution is 7.09. The van der Waals surface area contributed by atoms with Gasteiger partial charge in [0.25, 0.3) is 0 Å². The maximum Gasteiger partial charge on any atom is 0.226 e. The number of aromatic nitrogens is 1. The van der Waals surface area contributed by atoms with E-state index in [1.807, 2.05) is 0 Å². The van der Waals surface area contributed by atoms with Crippen molar-refractivity contribution in [2.24, 2.45) is 5.92 Å². The Morgan fingerprint density at radius 2 is 2.23 bits per heavy atom. The van der Waals surface area contributed by atoms with Crippen molar-refractivity contribution < 1.29 is 4.79 Å². The van der Waals surface area contributed by atoms with E-state index in [9.17, 15) is 4.79 Å². The summed E-state index contributed by atoms with van der Waals surface area (Å²) >= 11 is 1.77. The number of rotatable bonds is 3. The molecule has 22 heavy (non-hydrogen) atoms. The molecule has 1 saturated heterocycles. The Bertz CT molecular complexity index is 549. The first-order chi connectivity index (χ1) is 10.6. The Hall–Kier alpha value is -1.16. The van der Waals surface area contributed by atoms with Gasteiger partial charge in [-0.2, -0.15) is 0 Å². The molecule has 0 N–H and O–H groups in total. The van der Waals surface area contributed by atoms with Crippen LogP contribution in [0.1, 0.15) is 68.5 Å². The Morgan fingerprint density at radius 3 is 2.91 bits per heavy atom. The van der Waals surface area contributed by atoms with E-state index in [2.05, 4.69) is 36.3 Å². The van der Waals surface area contributed by atoms with E-state index in [1.165, 1.54) is 17.1 Å². The fourth-order valence-corrected chi connectivity index (χ4v) is 4.52. The van der Waals surface area contributed by atoms with Crippen LogP contribution in [0, 0.1) is 5.92 Å². The molecule has 1 aliphatic carbocycles. The first-order valence-corrected chi connectivity index (χ1v) is 9.42. The van der Waals surface area contributed by atoms with E-state index >= 15 is 0 Å². The molecule has 0 unspecified atom stereocenters. The maximum atomic E-state index is 12.7. The number of piperidine rings is 1. The number of thiazole rings is 1. The molecule has 0 spiro atoms. The molecular formula is C18H26N2OS. The summed E-state index contributed by atoms with van der Waals surface area (Å²) in [5, 5.41) is 3.41. The van der Waals surface area contributed by atoms with Crippen LogP contribution in [-0.2, 0) is 4.79 Å². The first kappa shape index (κ1) is 15.7. The second-order valence-electron chi connectivity index (χ2n) is 6.87. The Balaban J connectivity index is 1.65. The summed E-state index contributed by atoms with van der Waals surface area (Å²) in [6.07, 6.45) is 9.64. The normalized spacial score (nSPS) is 25.7. The molecule has 4 heteroatoms. The molecule has 1 aliphatic heterocycles. The molecule has 3 nitrogen and oxygen atoms in total. The highest BCUT2D eigenvalue weighted by atomic mass is 32.1. The Kier molecular flexibility index (Phi) is 4.97. The van der Waals surface area contributed by atoms with Gasteiger partial charge in [0, 0.05) is 30.3 Å². The predicted molar refractivity (Wildman–Crippen MR) is 91.2 cm³/mol. The van der Waals surface area contributed by atoms with Crippen molar-refractivity contribution >= 4 is 17.2 Å². The van der Waals surface area contributed by atoms with Crippen LogP contribution < -0.4 is 0 Å². The lowest BCUT2D eigenvalue weighted by Gasteiger charge is -2.34. The van der Waals surface area contributed by atoms with Crippen LogP contribution in [0.4, 0.5) is 0 Å². The largest absolute Gasteiger partial charge is 0.342 e. The highest BCUT2D eigenvalue weighted by Gasteiger charge is 2.30. The molecule has 0 aromatic carbocycles. The monoisotopic (exact) mass is 318 g/mol. The van der Waals surface area contributed by atoms with Crippen molar-refractivity contribution in [2.75, 3.05) is 13.1 Å². The number of carbonyl (C=O) groups excluding carboxylic acids is 1. The third-order valence-electron chi connectivity index (χ3n) is 4.83. The van der Waals surface area contributed by atoms with E-state index in [0.717, 1.165) is 38.8 Å². The fourth-order valence-electron chi connectivity index (χ4n) is 3.41. The molecule has 1 aromatic heterocycles. The molecule has 1 amide bonds. The van der Waals surface area contributed by atoms with Crippen molar-refractivity contribution in [1.29, 1.82) is 0 Å². The molecule has 2 atom stereocenters. The lowest BCUT2D eigenvalue weighted by atomic mass is 9.91. The molecule has 2 aliphatic rings. The van der Waals surface area contributed by atoms with Crippen LogP contribution in [0.3, 0.4) is 0 Å². The Labute approximate surface area is 137 Å². The van der Waals surface area contributed by atoms with Crippen LogP contribution in [0.2, 0.25) is 0 Å². The summed E-state index contributed by atoms with van der Waals surface area (Å²) in [5.41, 5.74) is 1.20. The van der Waals surface area contributed by atoms with E-state index in [-0.39, 0.29) is 5.92 Å². The molecule has 120 valence electrons. The van der Waals surface area contributed by atoms with Gasteiger partial charge in [0.15, 0.2) is 0 Å². The topological polar surface area (TPSA) is 33.2 Å². The zero-order valence-electron chi connectivity index (χ0n) is 13.6. The second kappa shape index (κ2) is 6.95. The van der Waals surface area contributed by atoms with Crippen molar-refractivity contribution in [3.63, 3.8) is 0 Å². The number of hydrogen-bond acceptors (Lipinski definition) is 3. The van der Waals surface area contributed by atoms with Gasteiger partial charge in [-0.3, -0.25) is 4.79 Å². The average molecular weight is 318 g/mol. The second-order valence-corrected chi connectivity index (χ2v) is 7.76. The summed E-state index contributed by atoms with van der Waals surface area (Å²) < 4.78 is 0. The first-order valence-electron chi connectivity index (χ1n) is 8.54. The SMILES string of the molecule is CC(C)c1csc([C@@H]2CCCN(C(=O)[C@@H]3CC=CCC3)C2)n1. The molecule has 0 saturated carbocycles. The minimum atomic E-state index is 0.214. The van der Waals surface area contributed by atoms with Crippen molar-refractivity contribution in [3.8, 4) is 0 Å². The summed E-state index contributed by atoms with van der Waals surface area (Å²) in [6.45, 7) is 6.17. The lowest BCUT2D eigenvalue weighted by Crippen LogP contribution is -2.42. The lowest BCUT2D eigenvalue weighted by molar-refractivity contribution is -0.137. The van der Waals surface area contributed by atoms with E-state index in [1.54, 1.807) is 11.3 Å². The van der Waals surface area contributed by atoms with Crippen molar-refractivity contribution in [2.45, 2.75) is 57.8 Å². The van der Waals surface area contributed by atoms with Crippen LogP contribution in [0.15, 0.2) is 17.5 Å². The van der Waals surface area contributed by atoms with Gasteiger partial charge in [-0.15, -0.1) is 11.3 Å².